The highest BCUT2D eigenvalue weighted by molar-refractivity contribution is 5.76. The van der Waals surface area contributed by atoms with Crippen LogP contribution in [-0.4, -0.2) is 60.9 Å². The molecular formula is C15H28N2O3. The van der Waals surface area contributed by atoms with Gasteiger partial charge in [0.1, 0.15) is 0 Å². The molecule has 1 heterocycles. The molecule has 1 amide bonds. The van der Waals surface area contributed by atoms with Gasteiger partial charge in [0.2, 0.25) is 5.91 Å². The first-order valence-corrected chi connectivity index (χ1v) is 7.88. The fourth-order valence-corrected chi connectivity index (χ4v) is 3.19. The second-order valence-electron chi connectivity index (χ2n) is 6.25. The Hall–Kier alpha value is -0.650. The number of ether oxygens (including phenoxy) is 1. The Morgan fingerprint density at radius 2 is 2.00 bits per heavy atom. The maximum absolute atomic E-state index is 12.0. The van der Waals surface area contributed by atoms with Crippen molar-refractivity contribution < 1.29 is 14.6 Å². The zero-order valence-electron chi connectivity index (χ0n) is 12.6. The second kappa shape index (κ2) is 7.38. The fraction of sp³-hybridized carbons (Fsp3) is 0.933. The van der Waals surface area contributed by atoms with Crippen LogP contribution in [0.2, 0.25) is 0 Å². The summed E-state index contributed by atoms with van der Waals surface area (Å²) in [7, 11) is 1.78. The van der Waals surface area contributed by atoms with Crippen molar-refractivity contribution in [2.75, 3.05) is 33.3 Å². The molecule has 116 valence electrons. The van der Waals surface area contributed by atoms with E-state index in [2.05, 4.69) is 5.32 Å². The molecule has 20 heavy (non-hydrogen) atoms. The lowest BCUT2D eigenvalue weighted by molar-refractivity contribution is -0.134. The molecule has 0 radical (unpaired) electrons. The summed E-state index contributed by atoms with van der Waals surface area (Å²) in [5.74, 6) is 0.0688. The Morgan fingerprint density at radius 1 is 1.35 bits per heavy atom. The smallest absolute Gasteiger partial charge is 0.224 e. The molecule has 0 spiro atoms. The van der Waals surface area contributed by atoms with Crippen LogP contribution < -0.4 is 5.32 Å². The van der Waals surface area contributed by atoms with Gasteiger partial charge in [0.05, 0.1) is 24.7 Å². The molecule has 0 aromatic carbocycles. The molecule has 2 rings (SSSR count). The van der Waals surface area contributed by atoms with Crippen LogP contribution in [0.4, 0.5) is 0 Å². The van der Waals surface area contributed by atoms with E-state index in [-0.39, 0.29) is 5.91 Å². The van der Waals surface area contributed by atoms with E-state index >= 15 is 0 Å². The van der Waals surface area contributed by atoms with Gasteiger partial charge < -0.3 is 20.1 Å². The molecule has 1 saturated heterocycles. The van der Waals surface area contributed by atoms with E-state index in [0.717, 1.165) is 51.6 Å². The summed E-state index contributed by atoms with van der Waals surface area (Å²) in [6, 6.07) is 0. The van der Waals surface area contributed by atoms with Gasteiger partial charge >= 0.3 is 0 Å². The third-order valence-electron chi connectivity index (χ3n) is 4.45. The SMILES string of the molecule is CN(CC1(O)CCCC1)C(=O)CCOC1CCNCC1. The summed E-state index contributed by atoms with van der Waals surface area (Å²) in [6.07, 6.45) is 6.54. The van der Waals surface area contributed by atoms with Crippen molar-refractivity contribution in [3.05, 3.63) is 0 Å². The van der Waals surface area contributed by atoms with Crippen molar-refractivity contribution in [2.45, 2.75) is 56.7 Å². The van der Waals surface area contributed by atoms with Gasteiger partial charge in [-0.25, -0.2) is 0 Å². The molecule has 0 atom stereocenters. The molecule has 0 bridgehead atoms. The normalized spacial score (nSPS) is 22.9. The van der Waals surface area contributed by atoms with Crippen LogP contribution in [0.1, 0.15) is 44.9 Å². The lowest BCUT2D eigenvalue weighted by Gasteiger charge is -2.29. The van der Waals surface area contributed by atoms with Gasteiger partial charge in [-0.2, -0.15) is 0 Å². The fourth-order valence-electron chi connectivity index (χ4n) is 3.19. The molecule has 0 aromatic heterocycles. The van der Waals surface area contributed by atoms with Crippen molar-refractivity contribution in [3.8, 4) is 0 Å². The van der Waals surface area contributed by atoms with Crippen molar-refractivity contribution in [3.63, 3.8) is 0 Å². The van der Waals surface area contributed by atoms with E-state index in [1.54, 1.807) is 11.9 Å². The van der Waals surface area contributed by atoms with E-state index in [0.29, 0.717) is 25.7 Å². The minimum Gasteiger partial charge on any atom is -0.388 e. The van der Waals surface area contributed by atoms with Crippen LogP contribution in [0.25, 0.3) is 0 Å². The highest BCUT2D eigenvalue weighted by Gasteiger charge is 2.33. The topological polar surface area (TPSA) is 61.8 Å². The number of rotatable bonds is 6. The van der Waals surface area contributed by atoms with E-state index in [4.69, 9.17) is 4.74 Å². The summed E-state index contributed by atoms with van der Waals surface area (Å²) in [5, 5.41) is 13.6. The highest BCUT2D eigenvalue weighted by Crippen LogP contribution is 2.29. The first-order chi connectivity index (χ1) is 9.59. The molecule has 0 unspecified atom stereocenters. The van der Waals surface area contributed by atoms with Crippen LogP contribution in [-0.2, 0) is 9.53 Å². The number of hydrogen-bond acceptors (Lipinski definition) is 4. The van der Waals surface area contributed by atoms with Gasteiger partial charge in [0, 0.05) is 13.6 Å². The summed E-state index contributed by atoms with van der Waals surface area (Å²) in [5.41, 5.74) is -0.652. The molecular weight excluding hydrogens is 256 g/mol. The zero-order chi connectivity index (χ0) is 14.4. The molecule has 1 aliphatic carbocycles. The third kappa shape index (κ3) is 4.72. The lowest BCUT2D eigenvalue weighted by atomic mass is 10.0. The maximum Gasteiger partial charge on any atom is 0.224 e. The van der Waals surface area contributed by atoms with Gasteiger partial charge in [-0.1, -0.05) is 12.8 Å². The summed E-state index contributed by atoms with van der Waals surface area (Å²) < 4.78 is 5.75. The summed E-state index contributed by atoms with van der Waals surface area (Å²) in [4.78, 5) is 13.7. The third-order valence-corrected chi connectivity index (χ3v) is 4.45. The van der Waals surface area contributed by atoms with Crippen LogP contribution in [0.3, 0.4) is 0 Å². The standard InChI is InChI=1S/C15H28N2O3/c1-17(12-15(19)7-2-3-8-15)14(18)6-11-20-13-4-9-16-10-5-13/h13,16,19H,2-12H2,1H3. The monoisotopic (exact) mass is 284 g/mol. The Morgan fingerprint density at radius 3 is 2.65 bits per heavy atom. The molecule has 5 nitrogen and oxygen atoms in total. The number of piperidine rings is 1. The minimum atomic E-state index is -0.652. The quantitative estimate of drug-likeness (QED) is 0.761. The number of aliphatic hydroxyl groups is 1. The molecule has 2 N–H and O–H groups in total. The van der Waals surface area contributed by atoms with E-state index in [1.165, 1.54) is 0 Å². The van der Waals surface area contributed by atoms with E-state index < -0.39 is 5.60 Å². The molecule has 2 aliphatic rings. The van der Waals surface area contributed by atoms with E-state index in [1.807, 2.05) is 0 Å². The molecule has 1 saturated carbocycles. The van der Waals surface area contributed by atoms with Crippen LogP contribution in [0, 0.1) is 0 Å². The second-order valence-corrected chi connectivity index (χ2v) is 6.25. The first kappa shape index (κ1) is 15.7. The number of nitrogens with zero attached hydrogens (tertiary/aromatic N) is 1. The van der Waals surface area contributed by atoms with Crippen LogP contribution >= 0.6 is 0 Å². The molecule has 2 fully saturated rings. The lowest BCUT2D eigenvalue weighted by Crippen LogP contribution is -2.42. The number of amides is 1. The molecule has 1 aliphatic heterocycles. The van der Waals surface area contributed by atoms with Crippen LogP contribution in [0.15, 0.2) is 0 Å². The largest absolute Gasteiger partial charge is 0.388 e. The van der Waals surface area contributed by atoms with Crippen molar-refractivity contribution in [1.82, 2.24) is 10.2 Å². The van der Waals surface area contributed by atoms with Crippen molar-refractivity contribution in [2.24, 2.45) is 0 Å². The van der Waals surface area contributed by atoms with Gasteiger partial charge in [0.25, 0.3) is 0 Å². The predicted octanol–water partition coefficient (Wildman–Crippen LogP) is 0.909. The predicted molar refractivity (Wildman–Crippen MR) is 77.5 cm³/mol. The number of carbonyl (C=O) groups excluding carboxylic acids is 1. The highest BCUT2D eigenvalue weighted by atomic mass is 16.5. The van der Waals surface area contributed by atoms with Gasteiger partial charge in [0.15, 0.2) is 0 Å². The maximum atomic E-state index is 12.0. The minimum absolute atomic E-state index is 0.0688. The Bertz CT molecular complexity index is 310. The number of hydrogen-bond donors (Lipinski definition) is 2. The number of likely N-dealkylation sites (N-methyl/N-ethyl adjacent to an activating group) is 1. The number of carbonyl (C=O) groups is 1. The zero-order valence-corrected chi connectivity index (χ0v) is 12.6. The van der Waals surface area contributed by atoms with E-state index in [9.17, 15) is 9.90 Å². The van der Waals surface area contributed by atoms with Crippen molar-refractivity contribution >= 4 is 5.91 Å². The molecule has 5 heteroatoms. The van der Waals surface area contributed by atoms with Gasteiger partial charge in [-0.05, 0) is 38.8 Å². The van der Waals surface area contributed by atoms with Gasteiger partial charge in [-0.15, -0.1) is 0 Å². The Balaban J connectivity index is 1.63. The van der Waals surface area contributed by atoms with Crippen molar-refractivity contribution in [1.29, 1.82) is 0 Å². The number of nitrogens with one attached hydrogen (secondary N) is 1. The van der Waals surface area contributed by atoms with Gasteiger partial charge in [-0.3, -0.25) is 4.79 Å². The average Bonchev–Trinajstić information content (AvgIpc) is 2.86. The summed E-state index contributed by atoms with van der Waals surface area (Å²) >= 11 is 0. The molecule has 0 aromatic rings. The summed E-state index contributed by atoms with van der Waals surface area (Å²) in [6.45, 7) is 2.96. The van der Waals surface area contributed by atoms with Crippen LogP contribution in [0.5, 0.6) is 0 Å². The average molecular weight is 284 g/mol. The first-order valence-electron chi connectivity index (χ1n) is 7.88. The Kier molecular flexibility index (Phi) is 5.81. The Labute approximate surface area is 121 Å².